The summed E-state index contributed by atoms with van der Waals surface area (Å²) >= 11 is 2.70. The minimum Gasteiger partial charge on any atom is -0.351 e. The van der Waals surface area contributed by atoms with E-state index in [0.717, 1.165) is 72.8 Å². The van der Waals surface area contributed by atoms with Crippen molar-refractivity contribution < 1.29 is 9.59 Å². The number of hydrogen-bond acceptors (Lipinski definition) is 6. The molecule has 0 unspecified atom stereocenters. The van der Waals surface area contributed by atoms with Gasteiger partial charge in [-0.15, -0.1) is 11.3 Å². The second-order valence-electron chi connectivity index (χ2n) is 7.90. The van der Waals surface area contributed by atoms with Crippen LogP contribution in [-0.4, -0.2) is 27.2 Å². The Kier molecular flexibility index (Phi) is 6.95. The number of nitrogens with zero attached hydrogens (tertiary/aromatic N) is 2. The largest absolute Gasteiger partial charge is 0.351 e. The predicted molar refractivity (Wildman–Crippen MR) is 129 cm³/mol. The van der Waals surface area contributed by atoms with Gasteiger partial charge in [0.15, 0.2) is 5.16 Å². The van der Waals surface area contributed by atoms with E-state index in [1.807, 2.05) is 24.3 Å². The van der Waals surface area contributed by atoms with Crippen molar-refractivity contribution >= 4 is 45.3 Å². The van der Waals surface area contributed by atoms with Crippen molar-refractivity contribution in [1.29, 1.82) is 0 Å². The van der Waals surface area contributed by atoms with Gasteiger partial charge in [-0.3, -0.25) is 19.5 Å². The van der Waals surface area contributed by atoms with Crippen LogP contribution in [0, 0.1) is 0 Å². The summed E-state index contributed by atoms with van der Waals surface area (Å²) in [7, 11) is 0. The highest BCUT2D eigenvalue weighted by molar-refractivity contribution is 7.99. The number of carbonyl (C=O) groups excluding carboxylic acids is 2. The summed E-state index contributed by atoms with van der Waals surface area (Å²) in [6.45, 7) is 2.16. The molecule has 0 saturated carbocycles. The van der Waals surface area contributed by atoms with Crippen molar-refractivity contribution in [3.8, 4) is 5.69 Å². The minimum absolute atomic E-state index is 0.0689. The number of aryl methyl sites for hydroxylation is 3. The van der Waals surface area contributed by atoms with E-state index in [0.29, 0.717) is 10.5 Å². The van der Waals surface area contributed by atoms with Gasteiger partial charge in [0.2, 0.25) is 5.91 Å². The molecular weight excluding hydrogens is 444 g/mol. The molecule has 0 radical (unpaired) electrons. The smallest absolute Gasteiger partial charge is 0.318 e. The Morgan fingerprint density at radius 1 is 1.22 bits per heavy atom. The molecule has 168 valence electrons. The van der Waals surface area contributed by atoms with Crippen LogP contribution in [0.1, 0.15) is 48.6 Å². The van der Waals surface area contributed by atoms with Gasteiger partial charge in [-0.05, 0) is 61.8 Å². The van der Waals surface area contributed by atoms with Crippen LogP contribution in [0.5, 0.6) is 0 Å². The van der Waals surface area contributed by atoms with Crippen molar-refractivity contribution in [3.05, 3.63) is 50.6 Å². The Morgan fingerprint density at radius 2 is 1.97 bits per heavy atom. The Bertz CT molecular complexity index is 1210. The molecular formula is C23H26N4O3S2. The summed E-state index contributed by atoms with van der Waals surface area (Å²) in [6, 6.07) is 7.06. The van der Waals surface area contributed by atoms with E-state index in [1.54, 1.807) is 15.9 Å². The van der Waals surface area contributed by atoms with E-state index < -0.39 is 11.9 Å². The summed E-state index contributed by atoms with van der Waals surface area (Å²) in [5, 5.41) is 3.19. The number of fused-ring (bicyclic) bond motifs is 3. The van der Waals surface area contributed by atoms with Crippen LogP contribution in [0.4, 0.5) is 4.79 Å². The molecule has 7 nitrogen and oxygen atoms in total. The summed E-state index contributed by atoms with van der Waals surface area (Å²) in [5.41, 5.74) is 8.01. The number of aromatic nitrogens is 2. The van der Waals surface area contributed by atoms with Crippen molar-refractivity contribution in [2.45, 2.75) is 57.0 Å². The molecule has 2 heterocycles. The number of carbonyl (C=O) groups is 2. The van der Waals surface area contributed by atoms with Crippen LogP contribution >= 0.6 is 23.1 Å². The van der Waals surface area contributed by atoms with Crippen LogP contribution < -0.4 is 16.6 Å². The van der Waals surface area contributed by atoms with Gasteiger partial charge in [-0.1, -0.05) is 37.2 Å². The first-order valence-corrected chi connectivity index (χ1v) is 12.7. The number of nitrogens with two attached hydrogens (primary N) is 1. The summed E-state index contributed by atoms with van der Waals surface area (Å²) < 4.78 is 1.59. The molecule has 1 aromatic carbocycles. The fourth-order valence-corrected chi connectivity index (χ4v) is 6.12. The highest BCUT2D eigenvalue weighted by Gasteiger charge is 2.23. The molecule has 0 aliphatic heterocycles. The molecule has 1 aliphatic rings. The molecule has 32 heavy (non-hydrogen) atoms. The van der Waals surface area contributed by atoms with E-state index in [2.05, 4.69) is 12.2 Å². The quantitative estimate of drug-likeness (QED) is 0.402. The molecule has 0 spiro atoms. The van der Waals surface area contributed by atoms with Crippen LogP contribution in [0.25, 0.3) is 15.9 Å². The van der Waals surface area contributed by atoms with E-state index in [4.69, 9.17) is 10.7 Å². The Hall–Kier alpha value is -2.65. The number of primary amides is 1. The lowest BCUT2D eigenvalue weighted by atomic mass is 9.97. The fourth-order valence-electron chi connectivity index (χ4n) is 4.01. The zero-order valence-corrected chi connectivity index (χ0v) is 19.6. The maximum atomic E-state index is 13.7. The third kappa shape index (κ3) is 4.73. The van der Waals surface area contributed by atoms with Gasteiger partial charge in [0.1, 0.15) is 4.83 Å². The number of thioether (sulfide) groups is 1. The molecule has 3 N–H and O–H groups in total. The number of benzene rings is 1. The molecule has 0 bridgehead atoms. The Balaban J connectivity index is 1.78. The highest BCUT2D eigenvalue weighted by Crippen LogP contribution is 2.35. The molecule has 9 heteroatoms. The lowest BCUT2D eigenvalue weighted by Gasteiger charge is -2.14. The Morgan fingerprint density at radius 3 is 2.69 bits per heavy atom. The number of unbranched alkanes of at least 4 members (excludes halogenated alkanes) is 1. The summed E-state index contributed by atoms with van der Waals surface area (Å²) in [6.07, 6.45) is 7.32. The zero-order chi connectivity index (χ0) is 22.7. The summed E-state index contributed by atoms with van der Waals surface area (Å²) in [5.74, 6) is -0.593. The van der Waals surface area contributed by atoms with E-state index in [9.17, 15) is 14.4 Å². The molecule has 4 rings (SSSR count). The number of hydrogen-bond donors (Lipinski definition) is 2. The van der Waals surface area contributed by atoms with Crippen molar-refractivity contribution in [3.63, 3.8) is 0 Å². The van der Waals surface area contributed by atoms with Gasteiger partial charge in [0, 0.05) is 4.88 Å². The monoisotopic (exact) mass is 470 g/mol. The van der Waals surface area contributed by atoms with Gasteiger partial charge in [-0.2, -0.15) is 0 Å². The van der Waals surface area contributed by atoms with Gasteiger partial charge in [0.25, 0.3) is 5.56 Å². The van der Waals surface area contributed by atoms with Crippen molar-refractivity contribution in [2.75, 3.05) is 5.75 Å². The van der Waals surface area contributed by atoms with Gasteiger partial charge >= 0.3 is 6.03 Å². The number of thiophene rings is 1. The third-order valence-electron chi connectivity index (χ3n) is 5.57. The van der Waals surface area contributed by atoms with Crippen LogP contribution in [0.15, 0.2) is 34.2 Å². The summed E-state index contributed by atoms with van der Waals surface area (Å²) in [4.78, 5) is 43.4. The molecule has 0 fully saturated rings. The third-order valence-corrected chi connectivity index (χ3v) is 7.69. The van der Waals surface area contributed by atoms with E-state index >= 15 is 0 Å². The highest BCUT2D eigenvalue weighted by atomic mass is 32.2. The van der Waals surface area contributed by atoms with Gasteiger partial charge in [0.05, 0.1) is 16.8 Å². The van der Waals surface area contributed by atoms with Gasteiger partial charge in [-0.25, -0.2) is 9.78 Å². The maximum Gasteiger partial charge on any atom is 0.318 e. The molecule has 1 aliphatic carbocycles. The average molecular weight is 471 g/mol. The maximum absolute atomic E-state index is 13.7. The van der Waals surface area contributed by atoms with Crippen LogP contribution in [0.2, 0.25) is 0 Å². The number of nitrogens with one attached hydrogen (secondary N) is 1. The second-order valence-corrected chi connectivity index (χ2v) is 9.92. The fraction of sp³-hybridized carbons (Fsp3) is 0.391. The number of urea groups is 1. The van der Waals surface area contributed by atoms with E-state index in [1.165, 1.54) is 10.4 Å². The van der Waals surface area contributed by atoms with Crippen molar-refractivity contribution in [1.82, 2.24) is 14.9 Å². The van der Waals surface area contributed by atoms with E-state index in [-0.39, 0.29) is 11.3 Å². The van der Waals surface area contributed by atoms with Crippen LogP contribution in [-0.2, 0) is 24.1 Å². The lowest BCUT2D eigenvalue weighted by Crippen LogP contribution is -2.36. The van der Waals surface area contributed by atoms with Crippen LogP contribution in [0.3, 0.4) is 0 Å². The Labute approximate surface area is 194 Å². The number of imide groups is 1. The number of amides is 3. The predicted octanol–water partition coefficient (Wildman–Crippen LogP) is 3.96. The first-order chi connectivity index (χ1) is 15.5. The molecule has 3 aromatic rings. The second kappa shape index (κ2) is 9.87. The first-order valence-electron chi connectivity index (χ1n) is 10.9. The topological polar surface area (TPSA) is 107 Å². The molecule has 3 amide bonds. The minimum atomic E-state index is -0.898. The molecule has 0 atom stereocenters. The molecule has 2 aromatic heterocycles. The first kappa shape index (κ1) is 22.5. The standard InChI is InChI=1S/C23H26N4O3S2/c1-2-3-6-14-9-11-15(12-10-14)27-21(29)19-16-7-4-5-8-17(16)32-20(19)26-23(27)31-13-18(28)25-22(24)30/h9-12H,2-8,13H2,1H3,(H3,24,25,28,30). The average Bonchev–Trinajstić information content (AvgIpc) is 3.15. The SMILES string of the molecule is CCCCc1ccc(-n2c(SCC(=O)NC(N)=O)nc3sc4c(c3c2=O)CCCC4)cc1. The normalized spacial score (nSPS) is 13.2. The number of rotatable bonds is 7. The lowest BCUT2D eigenvalue weighted by molar-refractivity contribution is -0.117. The van der Waals surface area contributed by atoms with Crippen molar-refractivity contribution in [2.24, 2.45) is 5.73 Å². The zero-order valence-electron chi connectivity index (χ0n) is 18.0. The molecule has 0 saturated heterocycles. The van der Waals surface area contributed by atoms with Gasteiger partial charge < -0.3 is 5.73 Å².